The van der Waals surface area contributed by atoms with Crippen molar-refractivity contribution < 1.29 is 9.18 Å². The van der Waals surface area contributed by atoms with E-state index in [-0.39, 0.29) is 17.4 Å². The molecule has 5 nitrogen and oxygen atoms in total. The topological polar surface area (TPSA) is 77.8 Å². The smallest absolute Gasteiger partial charge is 0.323 e. The number of rotatable bonds is 4. The number of amides is 1. The molecule has 1 heterocycles. The van der Waals surface area contributed by atoms with Gasteiger partial charge >= 0.3 is 5.69 Å². The summed E-state index contributed by atoms with van der Waals surface area (Å²) >= 11 is 0. The van der Waals surface area contributed by atoms with Crippen molar-refractivity contribution in [3.05, 3.63) is 76.0 Å². The van der Waals surface area contributed by atoms with Gasteiger partial charge in [-0.2, -0.15) is 0 Å². The molecular formula is C17H14FN3O2. The van der Waals surface area contributed by atoms with Crippen molar-refractivity contribution in [2.75, 3.05) is 0 Å². The summed E-state index contributed by atoms with van der Waals surface area (Å²) in [6.45, 7) is 0.309. The summed E-state index contributed by atoms with van der Waals surface area (Å²) in [5.41, 5.74) is 2.33. The highest BCUT2D eigenvalue weighted by molar-refractivity contribution is 5.91. The molecule has 1 aromatic heterocycles. The van der Waals surface area contributed by atoms with Crippen LogP contribution in [0.3, 0.4) is 0 Å². The van der Waals surface area contributed by atoms with Crippen molar-refractivity contribution in [2.45, 2.75) is 6.54 Å². The van der Waals surface area contributed by atoms with Gasteiger partial charge in [0, 0.05) is 18.2 Å². The molecule has 0 spiro atoms. The van der Waals surface area contributed by atoms with Gasteiger partial charge in [0.25, 0.3) is 0 Å². The van der Waals surface area contributed by atoms with Crippen LogP contribution in [0, 0.1) is 5.82 Å². The number of aromatic nitrogens is 2. The van der Waals surface area contributed by atoms with E-state index in [1.165, 1.54) is 18.2 Å². The summed E-state index contributed by atoms with van der Waals surface area (Å²) in [6, 6.07) is 11.6. The molecule has 0 atom stereocenters. The molecule has 116 valence electrons. The summed E-state index contributed by atoms with van der Waals surface area (Å²) in [4.78, 5) is 28.3. The lowest BCUT2D eigenvalue weighted by Crippen LogP contribution is -2.20. The number of hydrogen-bond donors (Lipinski definition) is 3. The number of halogens is 1. The number of carbonyl (C=O) groups excluding carboxylic acids is 1. The highest BCUT2D eigenvalue weighted by Gasteiger charge is 2.02. The molecule has 1 amide bonds. The molecule has 3 N–H and O–H groups in total. The minimum absolute atomic E-state index is 0.269. The van der Waals surface area contributed by atoms with Gasteiger partial charge < -0.3 is 15.3 Å². The molecule has 0 aliphatic rings. The summed E-state index contributed by atoms with van der Waals surface area (Å²) < 4.78 is 13.4. The summed E-state index contributed by atoms with van der Waals surface area (Å²) in [7, 11) is 0. The van der Waals surface area contributed by atoms with Crippen LogP contribution < -0.4 is 11.0 Å². The Morgan fingerprint density at radius 1 is 1.13 bits per heavy atom. The van der Waals surface area contributed by atoms with Gasteiger partial charge in [0.2, 0.25) is 5.91 Å². The zero-order valence-electron chi connectivity index (χ0n) is 12.1. The Morgan fingerprint density at radius 3 is 2.74 bits per heavy atom. The number of hydrogen-bond acceptors (Lipinski definition) is 2. The number of H-pyrrole nitrogens is 2. The largest absolute Gasteiger partial charge is 0.348 e. The summed E-state index contributed by atoms with van der Waals surface area (Å²) in [6.07, 6.45) is 2.71. The van der Waals surface area contributed by atoms with Crippen LogP contribution in [0.1, 0.15) is 11.1 Å². The van der Waals surface area contributed by atoms with Crippen LogP contribution >= 0.6 is 0 Å². The third-order valence-electron chi connectivity index (χ3n) is 3.37. The predicted molar refractivity (Wildman–Crippen MR) is 86.2 cm³/mol. The number of fused-ring (bicyclic) bond motifs is 1. The minimum Gasteiger partial charge on any atom is -0.348 e. The molecule has 0 unspecified atom stereocenters. The van der Waals surface area contributed by atoms with Gasteiger partial charge in [0.15, 0.2) is 0 Å². The van der Waals surface area contributed by atoms with Crippen LogP contribution in [-0.4, -0.2) is 15.9 Å². The molecule has 23 heavy (non-hydrogen) atoms. The Labute approximate surface area is 130 Å². The molecule has 0 saturated carbocycles. The van der Waals surface area contributed by atoms with Gasteiger partial charge in [-0.1, -0.05) is 24.3 Å². The third-order valence-corrected chi connectivity index (χ3v) is 3.37. The van der Waals surface area contributed by atoms with Crippen molar-refractivity contribution in [3.8, 4) is 0 Å². The lowest BCUT2D eigenvalue weighted by Gasteiger charge is -2.03. The lowest BCUT2D eigenvalue weighted by molar-refractivity contribution is -0.116. The van der Waals surface area contributed by atoms with Crippen molar-refractivity contribution in [2.24, 2.45) is 0 Å². The fourth-order valence-corrected chi connectivity index (χ4v) is 2.21. The van der Waals surface area contributed by atoms with Crippen molar-refractivity contribution >= 4 is 23.0 Å². The molecule has 0 radical (unpaired) electrons. The highest BCUT2D eigenvalue weighted by Crippen LogP contribution is 2.10. The van der Waals surface area contributed by atoms with Crippen molar-refractivity contribution in [3.63, 3.8) is 0 Å². The fourth-order valence-electron chi connectivity index (χ4n) is 2.21. The third kappa shape index (κ3) is 3.55. The number of nitrogens with one attached hydrogen (secondary N) is 3. The summed E-state index contributed by atoms with van der Waals surface area (Å²) in [5.74, 6) is -0.700. The molecule has 3 aromatic rings. The van der Waals surface area contributed by atoms with Crippen LogP contribution in [-0.2, 0) is 11.3 Å². The number of carbonyl (C=O) groups is 1. The first-order valence-corrected chi connectivity index (χ1v) is 7.03. The maximum Gasteiger partial charge on any atom is 0.323 e. The maximum absolute atomic E-state index is 13.4. The molecular weight excluding hydrogens is 297 g/mol. The predicted octanol–water partition coefficient (Wildman–Crippen LogP) is 2.32. The average Bonchev–Trinajstić information content (AvgIpc) is 2.91. The zero-order chi connectivity index (χ0) is 16.2. The maximum atomic E-state index is 13.4. The van der Waals surface area contributed by atoms with Gasteiger partial charge in [-0.05, 0) is 29.8 Å². The van der Waals surface area contributed by atoms with E-state index >= 15 is 0 Å². The average molecular weight is 311 g/mol. The molecule has 2 aromatic carbocycles. The van der Waals surface area contributed by atoms with Crippen LogP contribution in [0.4, 0.5) is 4.39 Å². The van der Waals surface area contributed by atoms with Gasteiger partial charge in [-0.25, -0.2) is 9.18 Å². The Hall–Kier alpha value is -3.15. The molecule has 0 bridgehead atoms. The first-order valence-electron chi connectivity index (χ1n) is 7.03. The second-order valence-electron chi connectivity index (χ2n) is 5.03. The SMILES string of the molecule is O=C(/C=C/c1ccccc1F)NCc1ccc2[nH]c(=O)[nH]c2c1. The van der Waals surface area contributed by atoms with E-state index in [0.717, 1.165) is 5.56 Å². The van der Waals surface area contributed by atoms with Gasteiger partial charge in [-0.15, -0.1) is 0 Å². The molecule has 6 heteroatoms. The zero-order valence-corrected chi connectivity index (χ0v) is 12.1. The first-order chi connectivity index (χ1) is 11.1. The Kier molecular flexibility index (Phi) is 4.05. The van der Waals surface area contributed by atoms with E-state index in [2.05, 4.69) is 15.3 Å². The quantitative estimate of drug-likeness (QED) is 0.647. The van der Waals surface area contributed by atoms with Crippen LogP contribution in [0.5, 0.6) is 0 Å². The second-order valence-corrected chi connectivity index (χ2v) is 5.03. The van der Waals surface area contributed by atoms with Crippen molar-refractivity contribution in [1.29, 1.82) is 0 Å². The van der Waals surface area contributed by atoms with E-state index in [4.69, 9.17) is 0 Å². The Balaban J connectivity index is 1.63. The van der Waals surface area contributed by atoms with Crippen LogP contribution in [0.15, 0.2) is 53.3 Å². The molecule has 0 saturated heterocycles. The lowest BCUT2D eigenvalue weighted by atomic mass is 10.2. The van der Waals surface area contributed by atoms with Gasteiger partial charge in [0.1, 0.15) is 5.82 Å². The van der Waals surface area contributed by atoms with E-state index in [1.807, 2.05) is 6.07 Å². The Morgan fingerprint density at radius 2 is 1.91 bits per heavy atom. The van der Waals surface area contributed by atoms with Gasteiger partial charge in [0.05, 0.1) is 11.0 Å². The van der Waals surface area contributed by atoms with Crippen molar-refractivity contribution in [1.82, 2.24) is 15.3 Å². The minimum atomic E-state index is -0.376. The second kappa shape index (κ2) is 6.31. The number of benzene rings is 2. The van der Waals surface area contributed by atoms with Crippen LogP contribution in [0.2, 0.25) is 0 Å². The molecule has 0 fully saturated rings. The van der Waals surface area contributed by atoms with Crippen LogP contribution in [0.25, 0.3) is 17.1 Å². The number of imidazole rings is 1. The van der Waals surface area contributed by atoms with E-state index in [9.17, 15) is 14.0 Å². The van der Waals surface area contributed by atoms with E-state index < -0.39 is 0 Å². The molecule has 0 aliphatic heterocycles. The highest BCUT2D eigenvalue weighted by atomic mass is 19.1. The molecule has 3 rings (SSSR count). The fraction of sp³-hybridized carbons (Fsp3) is 0.0588. The summed E-state index contributed by atoms with van der Waals surface area (Å²) in [5, 5.41) is 2.71. The normalized spacial score (nSPS) is 11.2. The van der Waals surface area contributed by atoms with E-state index in [1.54, 1.807) is 30.3 Å². The number of aromatic amines is 2. The molecule has 0 aliphatic carbocycles. The Bertz CT molecular complexity index is 940. The monoisotopic (exact) mass is 311 g/mol. The van der Waals surface area contributed by atoms with Gasteiger partial charge in [-0.3, -0.25) is 4.79 Å². The first kappa shape index (κ1) is 14.8. The van der Waals surface area contributed by atoms with E-state index in [0.29, 0.717) is 23.1 Å². The standard InChI is InChI=1S/C17H14FN3O2/c18-13-4-2-1-3-12(13)6-8-16(22)19-10-11-5-7-14-15(9-11)21-17(23)20-14/h1-9H,10H2,(H,19,22)(H2,20,21,23)/b8-6+.